The fourth-order valence-corrected chi connectivity index (χ4v) is 2.92. The normalized spacial score (nSPS) is 15.4. The van der Waals surface area contributed by atoms with Crippen LogP contribution in [0.3, 0.4) is 0 Å². The summed E-state index contributed by atoms with van der Waals surface area (Å²) >= 11 is 0. The van der Waals surface area contributed by atoms with Crippen LogP contribution in [-0.4, -0.2) is 52.8 Å². The molecule has 1 aliphatic rings. The second-order valence-corrected chi connectivity index (χ2v) is 7.92. The van der Waals surface area contributed by atoms with E-state index in [1.807, 2.05) is 32.6 Å². The third kappa shape index (κ3) is 5.48. The molecule has 8 nitrogen and oxygen atoms in total. The molecule has 8 heteroatoms. The van der Waals surface area contributed by atoms with Crippen molar-refractivity contribution >= 4 is 11.8 Å². The number of phenolic OH excluding ortho intramolecular Hbond substituents is 1. The molecule has 0 atom stereocenters. The molecule has 7 N–H and O–H groups in total. The molecule has 1 aromatic rings. The van der Waals surface area contributed by atoms with Gasteiger partial charge in [-0.25, -0.2) is 4.79 Å². The molecule has 2 rings (SSSR count). The van der Waals surface area contributed by atoms with Crippen molar-refractivity contribution in [3.05, 3.63) is 46.9 Å². The first-order valence-corrected chi connectivity index (χ1v) is 9.23. The van der Waals surface area contributed by atoms with E-state index in [4.69, 9.17) is 21.9 Å². The number of hydrogen-bond donors (Lipinski definition) is 4. The predicted octanol–water partition coefficient (Wildman–Crippen LogP) is 1.64. The van der Waals surface area contributed by atoms with Crippen molar-refractivity contribution in [1.29, 1.82) is 0 Å². The van der Waals surface area contributed by atoms with Crippen LogP contribution in [0.15, 0.2) is 35.8 Å². The van der Waals surface area contributed by atoms with Crippen LogP contribution in [0.5, 0.6) is 5.75 Å². The Morgan fingerprint density at radius 1 is 1.11 bits per heavy atom. The Kier molecular flexibility index (Phi) is 6.33. The third-order valence-electron chi connectivity index (χ3n) is 4.32. The van der Waals surface area contributed by atoms with Gasteiger partial charge in [-0.2, -0.15) is 0 Å². The largest absolute Gasteiger partial charge is 0.507 e. The summed E-state index contributed by atoms with van der Waals surface area (Å²) < 4.78 is 5.41. The van der Waals surface area contributed by atoms with Gasteiger partial charge >= 0.3 is 6.09 Å². The van der Waals surface area contributed by atoms with Crippen molar-refractivity contribution in [1.82, 2.24) is 9.80 Å². The zero-order valence-electron chi connectivity index (χ0n) is 17.0. The fraction of sp³-hybridized carbons (Fsp3) is 0.450. The zero-order chi connectivity index (χ0) is 21.1. The van der Waals surface area contributed by atoms with Gasteiger partial charge in [0.05, 0.1) is 5.70 Å². The number of aryl methyl sites for hydroxylation is 1. The van der Waals surface area contributed by atoms with Gasteiger partial charge < -0.3 is 36.8 Å². The molecule has 1 heterocycles. The predicted molar refractivity (Wildman–Crippen MR) is 110 cm³/mol. The maximum Gasteiger partial charge on any atom is 0.410 e. The van der Waals surface area contributed by atoms with Crippen LogP contribution in [0.2, 0.25) is 0 Å². The molecule has 0 radical (unpaired) electrons. The minimum absolute atomic E-state index is 0.0871. The molecule has 0 spiro atoms. The number of nitrogens with two attached hydrogens (primary N) is 3. The molecule has 28 heavy (non-hydrogen) atoms. The Bertz CT molecular complexity index is 784. The molecule has 0 bridgehead atoms. The summed E-state index contributed by atoms with van der Waals surface area (Å²) in [6, 6.07) is 5.20. The number of carbonyl (C=O) groups excluding carboxylic acids is 1. The van der Waals surface area contributed by atoms with Gasteiger partial charge in [0.1, 0.15) is 17.2 Å². The molecule has 1 aromatic carbocycles. The summed E-state index contributed by atoms with van der Waals surface area (Å²) in [5.74, 6) is 0.213. The Hall–Kier alpha value is -3.03. The van der Waals surface area contributed by atoms with E-state index in [-0.39, 0.29) is 17.7 Å². The van der Waals surface area contributed by atoms with Gasteiger partial charge in [-0.05, 0) is 45.9 Å². The molecule has 0 unspecified atom stereocenters. The number of aromatic hydroxyl groups is 1. The second-order valence-electron chi connectivity index (χ2n) is 7.92. The van der Waals surface area contributed by atoms with Crippen molar-refractivity contribution in [2.45, 2.75) is 33.3 Å². The summed E-state index contributed by atoms with van der Waals surface area (Å²) in [5, 5.41) is 10.1. The molecule has 154 valence electrons. The van der Waals surface area contributed by atoms with Gasteiger partial charge in [-0.15, -0.1) is 0 Å². The first-order chi connectivity index (χ1) is 13.0. The lowest BCUT2D eigenvalue weighted by atomic mass is 10.1. The van der Waals surface area contributed by atoms with Gasteiger partial charge in [0, 0.05) is 37.4 Å². The smallest absolute Gasteiger partial charge is 0.410 e. The van der Waals surface area contributed by atoms with Crippen LogP contribution in [-0.2, 0) is 4.74 Å². The lowest BCUT2D eigenvalue weighted by Gasteiger charge is -2.37. The van der Waals surface area contributed by atoms with Crippen LogP contribution in [0.4, 0.5) is 4.79 Å². The van der Waals surface area contributed by atoms with E-state index in [1.165, 1.54) is 0 Å². The standard InChI is InChI=1S/C20H31N5O3/c1-13-5-6-17(26)14(11-13)15(21)12-16(18(22)23)24-7-9-25(10-8-24)19(27)28-20(2,3)4/h5-6,11-12,26H,7-10,21-23H2,1-4H3/b15-12-. The number of benzene rings is 1. The number of carbonyl (C=O) groups is 1. The van der Waals surface area contributed by atoms with E-state index >= 15 is 0 Å². The molecule has 1 fully saturated rings. The summed E-state index contributed by atoms with van der Waals surface area (Å²) in [5.41, 5.74) is 19.9. The first kappa shape index (κ1) is 21.3. The fourth-order valence-electron chi connectivity index (χ4n) is 2.92. The summed E-state index contributed by atoms with van der Waals surface area (Å²) in [6.07, 6.45) is 1.32. The molecule has 1 aliphatic heterocycles. The number of ether oxygens (including phenoxy) is 1. The highest BCUT2D eigenvalue weighted by Crippen LogP contribution is 2.25. The number of hydrogen-bond acceptors (Lipinski definition) is 7. The maximum atomic E-state index is 12.2. The van der Waals surface area contributed by atoms with Gasteiger partial charge in [0.2, 0.25) is 0 Å². The van der Waals surface area contributed by atoms with Gasteiger partial charge in [-0.3, -0.25) is 0 Å². The number of rotatable bonds is 3. The van der Waals surface area contributed by atoms with Crippen molar-refractivity contribution in [3.63, 3.8) is 0 Å². The topological polar surface area (TPSA) is 131 Å². The average molecular weight is 390 g/mol. The Labute approximate surface area is 166 Å². The van der Waals surface area contributed by atoms with E-state index in [0.29, 0.717) is 43.1 Å². The van der Waals surface area contributed by atoms with E-state index in [2.05, 4.69) is 0 Å². The second kappa shape index (κ2) is 8.33. The van der Waals surface area contributed by atoms with E-state index in [1.54, 1.807) is 29.2 Å². The first-order valence-electron chi connectivity index (χ1n) is 9.23. The van der Waals surface area contributed by atoms with Gasteiger partial charge in [-0.1, -0.05) is 11.6 Å². The quantitative estimate of drug-likeness (QED) is 0.578. The van der Waals surface area contributed by atoms with Gasteiger partial charge in [0.15, 0.2) is 0 Å². The SMILES string of the molecule is Cc1ccc(O)c(/C(N)=C/C(=C(N)N)N2CCN(C(=O)OC(C)(C)C)CC2)c1. The van der Waals surface area contributed by atoms with E-state index in [0.717, 1.165) is 5.56 Å². The summed E-state index contributed by atoms with van der Waals surface area (Å²) in [6.45, 7) is 9.47. The molecule has 0 aliphatic carbocycles. The Morgan fingerprint density at radius 2 is 1.68 bits per heavy atom. The Morgan fingerprint density at radius 3 is 2.21 bits per heavy atom. The van der Waals surface area contributed by atoms with E-state index < -0.39 is 5.60 Å². The average Bonchev–Trinajstić information content (AvgIpc) is 2.60. The van der Waals surface area contributed by atoms with E-state index in [9.17, 15) is 9.90 Å². The van der Waals surface area contributed by atoms with Crippen LogP contribution in [0.25, 0.3) is 5.70 Å². The molecular weight excluding hydrogens is 358 g/mol. The van der Waals surface area contributed by atoms with Crippen molar-refractivity contribution < 1.29 is 14.6 Å². The van der Waals surface area contributed by atoms with Crippen molar-refractivity contribution in [2.24, 2.45) is 17.2 Å². The number of allylic oxidation sites excluding steroid dienone is 1. The minimum Gasteiger partial charge on any atom is -0.507 e. The van der Waals surface area contributed by atoms with Gasteiger partial charge in [0.25, 0.3) is 0 Å². The van der Waals surface area contributed by atoms with Crippen LogP contribution >= 0.6 is 0 Å². The molecule has 1 saturated heterocycles. The highest BCUT2D eigenvalue weighted by atomic mass is 16.6. The minimum atomic E-state index is -0.534. The molecule has 0 aromatic heterocycles. The summed E-state index contributed by atoms with van der Waals surface area (Å²) in [4.78, 5) is 15.8. The summed E-state index contributed by atoms with van der Waals surface area (Å²) in [7, 11) is 0. The van der Waals surface area contributed by atoms with Crippen molar-refractivity contribution in [3.8, 4) is 5.75 Å². The maximum absolute atomic E-state index is 12.2. The number of amides is 1. The molecule has 1 amide bonds. The highest BCUT2D eigenvalue weighted by Gasteiger charge is 2.27. The zero-order valence-corrected chi connectivity index (χ0v) is 17.0. The lowest BCUT2D eigenvalue weighted by Crippen LogP contribution is -2.50. The Balaban J connectivity index is 2.13. The molecular formula is C20H31N5O3. The molecule has 0 saturated carbocycles. The lowest BCUT2D eigenvalue weighted by molar-refractivity contribution is 0.0170. The number of phenols is 1. The monoisotopic (exact) mass is 389 g/mol. The van der Waals surface area contributed by atoms with Crippen LogP contribution in [0.1, 0.15) is 31.9 Å². The highest BCUT2D eigenvalue weighted by molar-refractivity contribution is 5.71. The van der Waals surface area contributed by atoms with Crippen molar-refractivity contribution in [2.75, 3.05) is 26.2 Å². The van der Waals surface area contributed by atoms with Crippen LogP contribution < -0.4 is 17.2 Å². The third-order valence-corrected chi connectivity index (χ3v) is 4.32. The number of piperazine rings is 1. The van der Waals surface area contributed by atoms with Crippen LogP contribution in [0, 0.1) is 6.92 Å². The number of nitrogens with zero attached hydrogens (tertiary/aromatic N) is 2.